The number of nitrogens with zero attached hydrogens (tertiary/aromatic N) is 1. The topological polar surface area (TPSA) is 91.4 Å². The fraction of sp³-hybridized carbons (Fsp3) is 0.421. The summed E-state index contributed by atoms with van der Waals surface area (Å²) in [7, 11) is 2.97. The van der Waals surface area contributed by atoms with Crippen LogP contribution in [0.4, 0.5) is 5.69 Å². The van der Waals surface area contributed by atoms with Crippen molar-refractivity contribution < 1.29 is 33.3 Å². The fourth-order valence-electron chi connectivity index (χ4n) is 4.09. The first kappa shape index (κ1) is 17.5. The molecule has 2 saturated heterocycles. The number of esters is 1. The van der Waals surface area contributed by atoms with E-state index in [0.717, 1.165) is 4.90 Å². The number of carbonyl (C=O) groups is 3. The van der Waals surface area contributed by atoms with Crippen molar-refractivity contribution in [1.29, 1.82) is 0 Å². The Hall–Kier alpha value is -2.87. The summed E-state index contributed by atoms with van der Waals surface area (Å²) >= 11 is 0. The number of fused-ring (bicyclic) bond motifs is 5. The van der Waals surface area contributed by atoms with Crippen LogP contribution in [0, 0.1) is 11.8 Å². The molecule has 8 nitrogen and oxygen atoms in total. The van der Waals surface area contributed by atoms with E-state index in [1.165, 1.54) is 21.1 Å². The van der Waals surface area contributed by atoms with Gasteiger partial charge in [-0.2, -0.15) is 0 Å². The third-order valence-corrected chi connectivity index (χ3v) is 5.28. The van der Waals surface area contributed by atoms with Crippen molar-refractivity contribution in [3.05, 3.63) is 30.4 Å². The molecule has 0 radical (unpaired) electrons. The average Bonchev–Trinajstić information content (AvgIpc) is 3.30. The molecule has 2 fully saturated rings. The van der Waals surface area contributed by atoms with Crippen molar-refractivity contribution in [2.24, 2.45) is 11.8 Å². The Morgan fingerprint density at radius 3 is 2.67 bits per heavy atom. The number of carbonyl (C=O) groups excluding carboxylic acids is 3. The van der Waals surface area contributed by atoms with E-state index in [0.29, 0.717) is 17.2 Å². The first-order valence-corrected chi connectivity index (χ1v) is 8.52. The molecule has 142 valence electrons. The van der Waals surface area contributed by atoms with Crippen molar-refractivity contribution in [3.8, 4) is 11.5 Å². The molecule has 0 saturated carbocycles. The van der Waals surface area contributed by atoms with Crippen molar-refractivity contribution in [3.63, 3.8) is 0 Å². The van der Waals surface area contributed by atoms with Crippen LogP contribution in [-0.4, -0.2) is 50.3 Å². The second-order valence-electron chi connectivity index (χ2n) is 6.73. The van der Waals surface area contributed by atoms with Gasteiger partial charge in [0.25, 0.3) is 0 Å². The van der Waals surface area contributed by atoms with Crippen LogP contribution in [0.15, 0.2) is 30.4 Å². The van der Waals surface area contributed by atoms with Crippen LogP contribution < -0.4 is 14.4 Å². The van der Waals surface area contributed by atoms with E-state index in [2.05, 4.69) is 0 Å². The maximum absolute atomic E-state index is 13.3. The smallest absolute Gasteiger partial charge is 0.302 e. The average molecular weight is 373 g/mol. The molecule has 3 aliphatic rings. The maximum Gasteiger partial charge on any atom is 0.302 e. The zero-order chi connectivity index (χ0) is 19.3. The molecule has 4 atom stereocenters. The highest BCUT2D eigenvalue weighted by Crippen LogP contribution is 2.53. The van der Waals surface area contributed by atoms with Gasteiger partial charge in [-0.15, -0.1) is 0 Å². The summed E-state index contributed by atoms with van der Waals surface area (Å²) < 4.78 is 21.6. The first-order chi connectivity index (χ1) is 12.9. The van der Waals surface area contributed by atoms with Gasteiger partial charge >= 0.3 is 5.97 Å². The number of amides is 2. The quantitative estimate of drug-likeness (QED) is 0.433. The molecule has 4 rings (SSSR count). The number of rotatable bonds is 5. The number of imide groups is 1. The molecule has 0 aromatic heterocycles. The molecule has 0 aliphatic carbocycles. The molecule has 1 aromatic carbocycles. The number of benzene rings is 1. The van der Waals surface area contributed by atoms with E-state index >= 15 is 0 Å². The van der Waals surface area contributed by atoms with Crippen LogP contribution in [0.3, 0.4) is 0 Å². The number of ether oxygens (including phenoxy) is 4. The summed E-state index contributed by atoms with van der Waals surface area (Å²) in [5.41, 5.74) is -0.794. The second kappa shape index (κ2) is 6.09. The van der Waals surface area contributed by atoms with Gasteiger partial charge in [0.1, 0.15) is 23.7 Å². The maximum atomic E-state index is 13.3. The van der Waals surface area contributed by atoms with E-state index < -0.39 is 35.4 Å². The van der Waals surface area contributed by atoms with Crippen LogP contribution in [0.1, 0.15) is 6.92 Å². The lowest BCUT2D eigenvalue weighted by molar-refractivity contribution is -0.150. The normalized spacial score (nSPS) is 30.6. The molecule has 3 aliphatic heterocycles. The lowest BCUT2D eigenvalue weighted by Gasteiger charge is -2.28. The second-order valence-corrected chi connectivity index (χ2v) is 6.73. The highest BCUT2D eigenvalue weighted by molar-refractivity contribution is 6.24. The molecule has 0 spiro atoms. The molecule has 0 unspecified atom stereocenters. The standard InChI is InChI=1S/C19H19NO7/c1-10(21)26-9-19-7-6-14(27-19)15-16(19)18(23)20(17(15)22)12-8-11(24-2)4-5-13(12)25-3/h4-8,14-16H,9H2,1-3H3/t14-,15+,16+,19+/m1/s1. The molecule has 1 aromatic rings. The molecular formula is C19H19NO7. The number of hydrogen-bond donors (Lipinski definition) is 0. The molecule has 2 bridgehead atoms. The first-order valence-electron chi connectivity index (χ1n) is 8.52. The zero-order valence-electron chi connectivity index (χ0n) is 15.1. The highest BCUT2D eigenvalue weighted by atomic mass is 16.6. The van der Waals surface area contributed by atoms with Crippen LogP contribution in [-0.2, 0) is 23.9 Å². The molecule has 0 N–H and O–H groups in total. The number of hydrogen-bond acceptors (Lipinski definition) is 7. The van der Waals surface area contributed by atoms with E-state index in [9.17, 15) is 14.4 Å². The predicted molar refractivity (Wildman–Crippen MR) is 92.4 cm³/mol. The Morgan fingerprint density at radius 2 is 2.00 bits per heavy atom. The third-order valence-electron chi connectivity index (χ3n) is 5.28. The minimum Gasteiger partial charge on any atom is -0.497 e. The summed E-state index contributed by atoms with van der Waals surface area (Å²) in [5.74, 6) is -1.78. The Morgan fingerprint density at radius 1 is 1.22 bits per heavy atom. The van der Waals surface area contributed by atoms with Crippen molar-refractivity contribution >= 4 is 23.5 Å². The van der Waals surface area contributed by atoms with Gasteiger partial charge in [0.05, 0.1) is 37.8 Å². The summed E-state index contributed by atoms with van der Waals surface area (Å²) in [6.07, 6.45) is 2.95. The van der Waals surface area contributed by atoms with Gasteiger partial charge in [0, 0.05) is 13.0 Å². The molecule has 8 heteroatoms. The van der Waals surface area contributed by atoms with Gasteiger partial charge in [-0.1, -0.05) is 6.08 Å². The van der Waals surface area contributed by atoms with E-state index in [4.69, 9.17) is 18.9 Å². The van der Waals surface area contributed by atoms with Crippen molar-refractivity contribution in [1.82, 2.24) is 0 Å². The molecule has 2 amide bonds. The van der Waals surface area contributed by atoms with Gasteiger partial charge in [-0.3, -0.25) is 14.4 Å². The highest BCUT2D eigenvalue weighted by Gasteiger charge is 2.68. The van der Waals surface area contributed by atoms with Gasteiger partial charge in [0.2, 0.25) is 11.8 Å². The molecule has 3 heterocycles. The molecular weight excluding hydrogens is 354 g/mol. The van der Waals surface area contributed by atoms with Crippen LogP contribution in [0.25, 0.3) is 0 Å². The van der Waals surface area contributed by atoms with Gasteiger partial charge in [-0.25, -0.2) is 4.90 Å². The summed E-state index contributed by atoms with van der Waals surface area (Å²) in [6.45, 7) is 1.17. The van der Waals surface area contributed by atoms with Crippen LogP contribution in [0.5, 0.6) is 11.5 Å². The predicted octanol–water partition coefficient (Wildman–Crippen LogP) is 1.08. The van der Waals surface area contributed by atoms with E-state index in [-0.39, 0.29) is 12.5 Å². The Bertz CT molecular complexity index is 864. The third kappa shape index (κ3) is 2.43. The summed E-state index contributed by atoms with van der Waals surface area (Å²) in [6, 6.07) is 4.91. The Kier molecular flexibility index (Phi) is 3.96. The summed E-state index contributed by atoms with van der Waals surface area (Å²) in [4.78, 5) is 38.8. The van der Waals surface area contributed by atoms with E-state index in [1.54, 1.807) is 30.4 Å². The number of anilines is 1. The van der Waals surface area contributed by atoms with Crippen LogP contribution >= 0.6 is 0 Å². The lowest BCUT2D eigenvalue weighted by atomic mass is 9.77. The van der Waals surface area contributed by atoms with Gasteiger partial charge < -0.3 is 18.9 Å². The SMILES string of the molecule is COc1ccc(OC)c(N2C(=O)[C@@H]3[C@@H](C2=O)[C@@]2(COC(C)=O)C=C[C@H]3O2)c1. The Labute approximate surface area is 155 Å². The van der Waals surface area contributed by atoms with Crippen molar-refractivity contribution in [2.45, 2.75) is 18.6 Å². The molecule has 27 heavy (non-hydrogen) atoms. The zero-order valence-corrected chi connectivity index (χ0v) is 15.1. The van der Waals surface area contributed by atoms with E-state index in [1.807, 2.05) is 0 Å². The van der Waals surface area contributed by atoms with Crippen molar-refractivity contribution in [2.75, 3.05) is 25.7 Å². The summed E-state index contributed by atoms with van der Waals surface area (Å²) in [5, 5.41) is 0. The lowest BCUT2D eigenvalue weighted by Crippen LogP contribution is -2.44. The van der Waals surface area contributed by atoms with Gasteiger partial charge in [-0.05, 0) is 18.2 Å². The minimum atomic E-state index is -1.12. The monoisotopic (exact) mass is 373 g/mol. The van der Waals surface area contributed by atoms with Gasteiger partial charge in [0.15, 0.2) is 0 Å². The minimum absolute atomic E-state index is 0.112. The largest absolute Gasteiger partial charge is 0.497 e. The number of methoxy groups -OCH3 is 2. The fourth-order valence-corrected chi connectivity index (χ4v) is 4.09. The Balaban J connectivity index is 1.73. The van der Waals surface area contributed by atoms with Crippen LogP contribution in [0.2, 0.25) is 0 Å².